The number of pyridine rings is 1. The number of amides is 1. The van der Waals surface area contributed by atoms with Crippen LogP contribution in [-0.2, 0) is 14.3 Å². The van der Waals surface area contributed by atoms with Gasteiger partial charge in [0.25, 0.3) is 11.7 Å². The molecule has 7 nitrogen and oxygen atoms in total. The van der Waals surface area contributed by atoms with E-state index in [0.29, 0.717) is 31.9 Å². The van der Waals surface area contributed by atoms with Gasteiger partial charge in [0.15, 0.2) is 0 Å². The van der Waals surface area contributed by atoms with Gasteiger partial charge in [0.05, 0.1) is 37.9 Å². The maximum Gasteiger partial charge on any atom is 0.295 e. The Morgan fingerprint density at radius 2 is 1.80 bits per heavy atom. The van der Waals surface area contributed by atoms with Crippen LogP contribution in [0.15, 0.2) is 54.4 Å². The van der Waals surface area contributed by atoms with Crippen molar-refractivity contribution in [3.63, 3.8) is 0 Å². The van der Waals surface area contributed by atoms with E-state index in [1.54, 1.807) is 24.5 Å². The second-order valence-corrected chi connectivity index (χ2v) is 7.39. The average Bonchev–Trinajstić information content (AvgIpc) is 3.04. The van der Waals surface area contributed by atoms with E-state index in [0.717, 1.165) is 13.1 Å². The van der Waals surface area contributed by atoms with Gasteiger partial charge in [-0.1, -0.05) is 0 Å². The fourth-order valence-electron chi connectivity index (χ4n) is 3.95. The van der Waals surface area contributed by atoms with Crippen LogP contribution in [0.4, 0.5) is 4.39 Å². The van der Waals surface area contributed by atoms with Crippen LogP contribution in [0.25, 0.3) is 5.76 Å². The summed E-state index contributed by atoms with van der Waals surface area (Å²) in [6.07, 6.45) is 3.17. The van der Waals surface area contributed by atoms with Crippen molar-refractivity contribution in [3.8, 4) is 0 Å². The number of carbonyl (C=O) groups excluding carboxylic acids is 2. The topological polar surface area (TPSA) is 84.2 Å². The number of nitrogens with zero attached hydrogens (tertiary/aromatic N) is 2. The lowest BCUT2D eigenvalue weighted by Crippen LogP contribution is -3.14. The zero-order valence-corrected chi connectivity index (χ0v) is 16.4. The van der Waals surface area contributed by atoms with Crippen LogP contribution in [0.5, 0.6) is 0 Å². The number of Topliss-reactive ketones (excluding diaryl/α,β-unsaturated/α-hetero) is 1. The van der Waals surface area contributed by atoms with Gasteiger partial charge in [-0.15, -0.1) is 0 Å². The van der Waals surface area contributed by atoms with E-state index in [4.69, 9.17) is 4.74 Å². The van der Waals surface area contributed by atoms with E-state index in [1.165, 1.54) is 34.1 Å². The number of quaternary nitrogens is 1. The maximum atomic E-state index is 13.3. The summed E-state index contributed by atoms with van der Waals surface area (Å²) in [6, 6.07) is 7.91. The Hall–Kier alpha value is -3.10. The van der Waals surface area contributed by atoms with Crippen LogP contribution in [-0.4, -0.2) is 66.1 Å². The number of ether oxygens (including phenoxy) is 1. The first kappa shape index (κ1) is 20.2. The lowest BCUT2D eigenvalue weighted by Gasteiger charge is -2.29. The predicted molar refractivity (Wildman–Crippen MR) is 106 cm³/mol. The highest BCUT2D eigenvalue weighted by Crippen LogP contribution is 2.38. The number of hydrogen-bond donors (Lipinski definition) is 2. The van der Waals surface area contributed by atoms with Crippen molar-refractivity contribution in [2.24, 2.45) is 0 Å². The number of rotatable bonds is 5. The smallest absolute Gasteiger partial charge is 0.295 e. The number of hydrogen-bond acceptors (Lipinski definition) is 5. The molecule has 8 heteroatoms. The number of likely N-dealkylation sites (tertiary alicyclic amines) is 1. The number of ketones is 1. The molecule has 156 valence electrons. The first-order chi connectivity index (χ1) is 14.6. The van der Waals surface area contributed by atoms with Gasteiger partial charge in [0.2, 0.25) is 0 Å². The minimum atomic E-state index is -0.740. The van der Waals surface area contributed by atoms with Crippen LogP contribution in [0.1, 0.15) is 17.2 Å². The molecule has 0 radical (unpaired) electrons. The molecule has 0 bridgehead atoms. The monoisotopic (exact) mass is 412 g/mol. The van der Waals surface area contributed by atoms with Crippen molar-refractivity contribution in [1.29, 1.82) is 0 Å². The number of aromatic nitrogens is 1. The molecular formula is C22H23FN3O4+. The molecule has 1 atom stereocenters. The number of halogens is 1. The summed E-state index contributed by atoms with van der Waals surface area (Å²) in [6.45, 7) is 4.08. The fraction of sp³-hybridized carbons (Fsp3) is 0.318. The summed E-state index contributed by atoms with van der Waals surface area (Å²) >= 11 is 0. The van der Waals surface area contributed by atoms with Crippen molar-refractivity contribution >= 4 is 17.4 Å². The molecule has 0 spiro atoms. The minimum Gasteiger partial charge on any atom is -0.507 e. The summed E-state index contributed by atoms with van der Waals surface area (Å²) in [5.74, 6) is -2.15. The second-order valence-electron chi connectivity index (χ2n) is 7.39. The molecule has 2 aromatic rings. The molecule has 2 fully saturated rings. The second kappa shape index (κ2) is 8.73. The van der Waals surface area contributed by atoms with E-state index >= 15 is 0 Å². The molecule has 0 unspecified atom stereocenters. The van der Waals surface area contributed by atoms with Crippen molar-refractivity contribution in [1.82, 2.24) is 9.88 Å². The predicted octanol–water partition coefficient (Wildman–Crippen LogP) is 0.558. The van der Waals surface area contributed by atoms with Gasteiger partial charge in [0.1, 0.15) is 24.7 Å². The molecule has 1 amide bonds. The van der Waals surface area contributed by atoms with Crippen LogP contribution < -0.4 is 4.90 Å². The van der Waals surface area contributed by atoms with Crippen LogP contribution in [0.3, 0.4) is 0 Å². The van der Waals surface area contributed by atoms with Gasteiger partial charge < -0.3 is 19.6 Å². The number of nitrogens with one attached hydrogen (secondary N) is 1. The summed E-state index contributed by atoms with van der Waals surface area (Å²) < 4.78 is 18.7. The van der Waals surface area contributed by atoms with Gasteiger partial charge in [-0.25, -0.2) is 4.39 Å². The lowest BCUT2D eigenvalue weighted by atomic mass is 9.96. The molecule has 2 aliphatic rings. The Kier molecular flexibility index (Phi) is 5.87. The van der Waals surface area contributed by atoms with Crippen molar-refractivity contribution in [2.75, 3.05) is 39.4 Å². The van der Waals surface area contributed by atoms with E-state index in [2.05, 4.69) is 4.98 Å². The summed E-state index contributed by atoms with van der Waals surface area (Å²) in [5, 5.41) is 10.9. The Morgan fingerprint density at radius 1 is 1.13 bits per heavy atom. The molecule has 4 rings (SSSR count). The van der Waals surface area contributed by atoms with Gasteiger partial charge in [-0.05, 0) is 42.0 Å². The largest absolute Gasteiger partial charge is 0.507 e. The third-order valence-corrected chi connectivity index (χ3v) is 5.59. The average molecular weight is 412 g/mol. The molecule has 1 aromatic carbocycles. The first-order valence-corrected chi connectivity index (χ1v) is 9.92. The quantitative estimate of drug-likeness (QED) is 0.426. The van der Waals surface area contributed by atoms with E-state index in [-0.39, 0.29) is 16.9 Å². The Bertz CT molecular complexity index is 956. The molecule has 2 aliphatic heterocycles. The van der Waals surface area contributed by atoms with Gasteiger partial charge >= 0.3 is 0 Å². The summed E-state index contributed by atoms with van der Waals surface area (Å²) in [7, 11) is 0. The Morgan fingerprint density at radius 3 is 2.47 bits per heavy atom. The van der Waals surface area contributed by atoms with Crippen molar-refractivity contribution in [3.05, 3.63) is 71.3 Å². The zero-order chi connectivity index (χ0) is 21.1. The third kappa shape index (κ3) is 3.96. The number of aliphatic hydroxyl groups excluding tert-OH is 1. The van der Waals surface area contributed by atoms with E-state index in [9.17, 15) is 19.1 Å². The molecule has 2 N–H and O–H groups in total. The standard InChI is InChI=1S/C22H22FN3O4/c23-17-3-1-16(2-4-17)20(27)18-19(15-5-7-24-8-6-15)26(22(29)21(18)28)10-9-25-11-13-30-14-12-25/h1-8,19,27H,9-14H2/p+1/t19-/m1/s1. The van der Waals surface area contributed by atoms with Crippen LogP contribution >= 0.6 is 0 Å². The highest BCUT2D eigenvalue weighted by Gasteiger charge is 2.46. The molecular weight excluding hydrogens is 389 g/mol. The normalized spacial score (nSPS) is 21.9. The van der Waals surface area contributed by atoms with Crippen molar-refractivity contribution in [2.45, 2.75) is 6.04 Å². The van der Waals surface area contributed by atoms with Crippen LogP contribution in [0, 0.1) is 5.82 Å². The number of morpholine rings is 1. The number of benzene rings is 1. The molecule has 2 saturated heterocycles. The number of carbonyl (C=O) groups is 2. The third-order valence-electron chi connectivity index (χ3n) is 5.59. The van der Waals surface area contributed by atoms with Gasteiger partial charge in [0, 0.05) is 18.0 Å². The Balaban J connectivity index is 1.71. The molecule has 0 saturated carbocycles. The fourth-order valence-corrected chi connectivity index (χ4v) is 3.95. The van der Waals surface area contributed by atoms with Crippen molar-refractivity contribution < 1.29 is 28.7 Å². The molecule has 1 aromatic heterocycles. The number of aliphatic hydroxyl groups is 1. The highest BCUT2D eigenvalue weighted by atomic mass is 19.1. The first-order valence-electron chi connectivity index (χ1n) is 9.92. The minimum absolute atomic E-state index is 0.00906. The molecule has 3 heterocycles. The molecule has 30 heavy (non-hydrogen) atoms. The van der Waals surface area contributed by atoms with E-state index in [1.807, 2.05) is 0 Å². The van der Waals surface area contributed by atoms with Gasteiger partial charge in [-0.2, -0.15) is 0 Å². The van der Waals surface area contributed by atoms with Gasteiger partial charge in [-0.3, -0.25) is 14.6 Å². The maximum absolute atomic E-state index is 13.3. The molecule has 0 aliphatic carbocycles. The van der Waals surface area contributed by atoms with Crippen LogP contribution in [0.2, 0.25) is 0 Å². The highest BCUT2D eigenvalue weighted by molar-refractivity contribution is 6.46. The zero-order valence-electron chi connectivity index (χ0n) is 16.4. The summed E-state index contributed by atoms with van der Waals surface area (Å²) in [5.41, 5.74) is 0.979. The SMILES string of the molecule is O=C1C(=O)N(CC[NH+]2CCOCC2)[C@H](c2ccncc2)C1=C(O)c1ccc(F)cc1. The lowest BCUT2D eigenvalue weighted by molar-refractivity contribution is -0.907. The summed E-state index contributed by atoms with van der Waals surface area (Å²) in [4.78, 5) is 32.6. The Labute approximate surface area is 173 Å². The van der Waals surface area contributed by atoms with E-state index < -0.39 is 23.5 Å².